The van der Waals surface area contributed by atoms with Gasteiger partial charge in [0, 0.05) is 13.1 Å². The number of hydrogen-bond acceptors (Lipinski definition) is 4. The third-order valence-electron chi connectivity index (χ3n) is 5.51. The lowest BCUT2D eigenvalue weighted by Crippen LogP contribution is -2.61. The van der Waals surface area contributed by atoms with Gasteiger partial charge in [-0.2, -0.15) is 0 Å². The van der Waals surface area contributed by atoms with Crippen molar-refractivity contribution in [3.63, 3.8) is 0 Å². The van der Waals surface area contributed by atoms with Gasteiger partial charge in [0.1, 0.15) is 5.82 Å². The van der Waals surface area contributed by atoms with Gasteiger partial charge in [-0.15, -0.1) is 0 Å². The van der Waals surface area contributed by atoms with E-state index in [2.05, 4.69) is 10.6 Å². The molecule has 0 aliphatic carbocycles. The fourth-order valence-electron chi connectivity index (χ4n) is 3.54. The SMILES string of the molecule is CC.CCN(CC)CC(=O)NC1CN(C(=O)c2ccc(F)c(F)c2Nc2ccc(C)cc2F)C1. The predicted octanol–water partition coefficient (Wildman–Crippen LogP) is 4.46. The van der Waals surface area contributed by atoms with Crippen molar-refractivity contribution in [2.24, 2.45) is 0 Å². The number of aryl methyl sites for hydroxylation is 1. The van der Waals surface area contributed by atoms with Gasteiger partial charge >= 0.3 is 0 Å². The summed E-state index contributed by atoms with van der Waals surface area (Å²) in [6, 6.07) is 6.09. The third kappa shape index (κ3) is 6.50. The number of nitrogens with one attached hydrogen (secondary N) is 2. The Morgan fingerprint density at radius 2 is 1.68 bits per heavy atom. The van der Waals surface area contributed by atoms with Crippen LogP contribution < -0.4 is 10.6 Å². The van der Waals surface area contributed by atoms with Gasteiger partial charge in [-0.05, 0) is 49.8 Å². The van der Waals surface area contributed by atoms with Crippen molar-refractivity contribution in [1.29, 1.82) is 0 Å². The molecule has 2 amide bonds. The summed E-state index contributed by atoms with van der Waals surface area (Å²) in [7, 11) is 0. The summed E-state index contributed by atoms with van der Waals surface area (Å²) in [5.41, 5.74) is 0.0570. The number of anilines is 2. The maximum Gasteiger partial charge on any atom is 0.256 e. The van der Waals surface area contributed by atoms with E-state index in [9.17, 15) is 22.8 Å². The zero-order valence-corrected chi connectivity index (χ0v) is 20.3. The summed E-state index contributed by atoms with van der Waals surface area (Å²) in [5.74, 6) is -3.72. The fraction of sp³-hybridized carbons (Fsp3) is 0.440. The van der Waals surface area contributed by atoms with E-state index in [1.54, 1.807) is 13.0 Å². The normalized spacial score (nSPS) is 13.1. The lowest BCUT2D eigenvalue weighted by atomic mass is 10.0. The molecule has 6 nitrogen and oxygen atoms in total. The van der Waals surface area contributed by atoms with Crippen LogP contribution in [0.2, 0.25) is 0 Å². The molecule has 0 atom stereocenters. The summed E-state index contributed by atoms with van der Waals surface area (Å²) in [5, 5.41) is 5.39. The van der Waals surface area contributed by atoms with Gasteiger partial charge in [0.05, 0.1) is 29.5 Å². The minimum Gasteiger partial charge on any atom is -0.350 e. The summed E-state index contributed by atoms with van der Waals surface area (Å²) < 4.78 is 42.7. The fourth-order valence-corrected chi connectivity index (χ4v) is 3.54. The minimum absolute atomic E-state index is 0.0701. The molecule has 0 saturated carbocycles. The van der Waals surface area contributed by atoms with Crippen LogP contribution >= 0.6 is 0 Å². The molecule has 2 N–H and O–H groups in total. The Bertz CT molecular complexity index is 1010. The molecule has 0 unspecified atom stereocenters. The van der Waals surface area contributed by atoms with Crippen molar-refractivity contribution in [2.75, 3.05) is 38.0 Å². The van der Waals surface area contributed by atoms with E-state index in [1.165, 1.54) is 23.1 Å². The predicted molar refractivity (Wildman–Crippen MR) is 128 cm³/mol. The first-order valence-electron chi connectivity index (χ1n) is 11.6. The van der Waals surface area contributed by atoms with Crippen LogP contribution in [0.5, 0.6) is 0 Å². The maximum atomic E-state index is 14.5. The molecule has 2 aromatic carbocycles. The van der Waals surface area contributed by atoms with Crippen LogP contribution in [0, 0.1) is 24.4 Å². The number of benzene rings is 2. The molecule has 0 bridgehead atoms. The molecular formula is C25H33F3N4O2. The smallest absolute Gasteiger partial charge is 0.256 e. The molecule has 0 aromatic heterocycles. The van der Waals surface area contributed by atoms with Crippen LogP contribution in [-0.2, 0) is 4.79 Å². The molecule has 34 heavy (non-hydrogen) atoms. The van der Waals surface area contributed by atoms with Gasteiger partial charge < -0.3 is 15.5 Å². The molecule has 1 saturated heterocycles. The molecule has 0 radical (unpaired) electrons. The van der Waals surface area contributed by atoms with E-state index in [1.807, 2.05) is 32.6 Å². The number of halogens is 3. The number of likely N-dealkylation sites (N-methyl/N-ethyl adjacent to an activating group) is 1. The largest absolute Gasteiger partial charge is 0.350 e. The van der Waals surface area contributed by atoms with Gasteiger partial charge in [0.15, 0.2) is 11.6 Å². The average Bonchev–Trinajstić information content (AvgIpc) is 2.80. The Balaban J connectivity index is 0.00000199. The number of rotatable bonds is 8. The molecule has 2 aromatic rings. The second-order valence-corrected chi connectivity index (χ2v) is 7.83. The highest BCUT2D eigenvalue weighted by Crippen LogP contribution is 2.30. The molecule has 9 heteroatoms. The van der Waals surface area contributed by atoms with E-state index in [0.29, 0.717) is 5.56 Å². The van der Waals surface area contributed by atoms with E-state index in [-0.39, 0.29) is 42.8 Å². The number of hydrogen-bond donors (Lipinski definition) is 2. The molecule has 3 rings (SSSR count). The zero-order valence-electron chi connectivity index (χ0n) is 20.3. The van der Waals surface area contributed by atoms with Gasteiger partial charge in [0.2, 0.25) is 5.91 Å². The number of carbonyl (C=O) groups excluding carboxylic acids is 2. The van der Waals surface area contributed by atoms with E-state index in [0.717, 1.165) is 19.2 Å². The van der Waals surface area contributed by atoms with E-state index in [4.69, 9.17) is 0 Å². The quantitative estimate of drug-likeness (QED) is 0.588. The van der Waals surface area contributed by atoms with Gasteiger partial charge in [-0.25, -0.2) is 13.2 Å². The van der Waals surface area contributed by atoms with Gasteiger partial charge in [-0.1, -0.05) is 33.8 Å². The van der Waals surface area contributed by atoms with Gasteiger partial charge in [-0.3, -0.25) is 14.5 Å². The van der Waals surface area contributed by atoms with Crippen LogP contribution in [-0.4, -0.2) is 60.4 Å². The van der Waals surface area contributed by atoms with Crippen molar-refractivity contribution in [2.45, 2.75) is 40.7 Å². The van der Waals surface area contributed by atoms with Crippen molar-refractivity contribution in [1.82, 2.24) is 15.1 Å². The summed E-state index contributed by atoms with van der Waals surface area (Å²) in [6.45, 7) is 11.9. The first kappa shape index (κ1) is 27.2. The van der Waals surface area contributed by atoms with Crippen LogP contribution in [0.1, 0.15) is 43.6 Å². The monoisotopic (exact) mass is 478 g/mol. The van der Waals surface area contributed by atoms with Crippen LogP contribution in [0.4, 0.5) is 24.5 Å². The number of amides is 2. The molecule has 186 valence electrons. The van der Waals surface area contributed by atoms with Crippen LogP contribution in [0.25, 0.3) is 0 Å². The number of likely N-dealkylation sites (tertiary alicyclic amines) is 1. The number of carbonyl (C=O) groups is 2. The van der Waals surface area contributed by atoms with Crippen molar-refractivity contribution in [3.8, 4) is 0 Å². The lowest BCUT2D eigenvalue weighted by Gasteiger charge is -2.40. The van der Waals surface area contributed by atoms with Crippen LogP contribution in [0.15, 0.2) is 30.3 Å². The van der Waals surface area contributed by atoms with E-state index >= 15 is 0 Å². The summed E-state index contributed by atoms with van der Waals surface area (Å²) >= 11 is 0. The standard InChI is InChI=1S/C23H27F3N4O2.C2H6/c1-4-29(5-2)13-20(31)27-15-11-30(12-15)23(32)16-7-8-17(24)21(26)22(16)28-19-9-6-14(3)10-18(19)25;1-2/h6-10,15,28H,4-5,11-13H2,1-3H3,(H,27,31);1-2H3. The Hall–Kier alpha value is -3.07. The highest BCUT2D eigenvalue weighted by atomic mass is 19.2. The highest BCUT2D eigenvalue weighted by molar-refractivity contribution is 6.01. The Kier molecular flexibility index (Phi) is 9.92. The Labute approximate surface area is 199 Å². The van der Waals surface area contributed by atoms with Crippen molar-refractivity contribution >= 4 is 23.2 Å². The summed E-state index contributed by atoms with van der Waals surface area (Å²) in [4.78, 5) is 28.4. The van der Waals surface area contributed by atoms with Crippen molar-refractivity contribution in [3.05, 3.63) is 58.9 Å². The zero-order chi connectivity index (χ0) is 25.4. The average molecular weight is 479 g/mol. The molecule has 1 aliphatic heterocycles. The molecule has 0 spiro atoms. The van der Waals surface area contributed by atoms with Crippen LogP contribution in [0.3, 0.4) is 0 Å². The van der Waals surface area contributed by atoms with Gasteiger partial charge in [0.25, 0.3) is 5.91 Å². The molecule has 1 aliphatic rings. The first-order valence-corrected chi connectivity index (χ1v) is 11.6. The number of nitrogens with zero attached hydrogens (tertiary/aromatic N) is 2. The van der Waals surface area contributed by atoms with E-state index < -0.39 is 29.0 Å². The topological polar surface area (TPSA) is 64.7 Å². The highest BCUT2D eigenvalue weighted by Gasteiger charge is 2.34. The lowest BCUT2D eigenvalue weighted by molar-refractivity contribution is -0.123. The molecule has 1 heterocycles. The second kappa shape index (κ2) is 12.4. The first-order chi connectivity index (χ1) is 16.2. The second-order valence-electron chi connectivity index (χ2n) is 7.83. The minimum atomic E-state index is -1.26. The third-order valence-corrected chi connectivity index (χ3v) is 5.51. The Morgan fingerprint density at radius 3 is 2.26 bits per heavy atom. The Morgan fingerprint density at radius 1 is 1.03 bits per heavy atom. The maximum absolute atomic E-state index is 14.5. The summed E-state index contributed by atoms with van der Waals surface area (Å²) in [6.07, 6.45) is 0. The molecule has 1 fully saturated rings. The van der Waals surface area contributed by atoms with Crippen molar-refractivity contribution < 1.29 is 22.8 Å². The molecular weight excluding hydrogens is 445 g/mol.